The van der Waals surface area contributed by atoms with Gasteiger partial charge in [-0.2, -0.15) is 0 Å². The highest BCUT2D eigenvalue weighted by Gasteiger charge is 2.34. The minimum atomic E-state index is -0.400. The summed E-state index contributed by atoms with van der Waals surface area (Å²) in [5.41, 5.74) is 1.91. The van der Waals surface area contributed by atoms with Crippen LogP contribution in [0.25, 0.3) is 0 Å². The fraction of sp³-hybridized carbons (Fsp3) is 0.278. The molecule has 1 fully saturated rings. The highest BCUT2D eigenvalue weighted by Crippen LogP contribution is 2.22. The monoisotopic (exact) mass is 341 g/mol. The average Bonchev–Trinajstić information content (AvgIpc) is 3.11. The Morgan fingerprint density at radius 2 is 1.96 bits per heavy atom. The topological polar surface area (TPSA) is 62.3 Å². The number of rotatable bonds is 5. The van der Waals surface area contributed by atoms with E-state index >= 15 is 0 Å². The summed E-state index contributed by atoms with van der Waals surface area (Å²) >= 11 is 1.61. The van der Waals surface area contributed by atoms with Gasteiger partial charge in [-0.15, -0.1) is 11.8 Å². The number of carbonyl (C=O) groups excluding carboxylic acids is 2. The van der Waals surface area contributed by atoms with Crippen molar-refractivity contribution in [1.82, 2.24) is 15.2 Å². The van der Waals surface area contributed by atoms with Gasteiger partial charge in [-0.05, 0) is 17.2 Å². The van der Waals surface area contributed by atoms with E-state index in [0.717, 1.165) is 11.1 Å². The lowest BCUT2D eigenvalue weighted by Gasteiger charge is -2.23. The minimum absolute atomic E-state index is 0.0344. The van der Waals surface area contributed by atoms with Gasteiger partial charge in [-0.1, -0.05) is 36.4 Å². The van der Waals surface area contributed by atoms with Gasteiger partial charge in [0.05, 0.1) is 12.3 Å². The van der Waals surface area contributed by atoms with Crippen molar-refractivity contribution in [2.45, 2.75) is 19.0 Å². The fourth-order valence-corrected chi connectivity index (χ4v) is 3.77. The predicted molar refractivity (Wildman–Crippen MR) is 94.2 cm³/mol. The molecule has 5 nitrogen and oxygen atoms in total. The van der Waals surface area contributed by atoms with Gasteiger partial charge in [-0.3, -0.25) is 14.6 Å². The van der Waals surface area contributed by atoms with E-state index in [0.29, 0.717) is 18.2 Å². The first-order valence-corrected chi connectivity index (χ1v) is 8.97. The van der Waals surface area contributed by atoms with E-state index in [1.807, 2.05) is 42.5 Å². The Kier molecular flexibility index (Phi) is 5.48. The Morgan fingerprint density at radius 3 is 2.71 bits per heavy atom. The number of benzene rings is 1. The first-order valence-electron chi connectivity index (χ1n) is 7.82. The molecule has 1 saturated heterocycles. The van der Waals surface area contributed by atoms with Crippen LogP contribution in [0.3, 0.4) is 0 Å². The molecule has 0 radical (unpaired) electrons. The summed E-state index contributed by atoms with van der Waals surface area (Å²) in [6, 6.07) is 13.0. The Morgan fingerprint density at radius 1 is 1.17 bits per heavy atom. The molecule has 0 saturated carbocycles. The van der Waals surface area contributed by atoms with Crippen LogP contribution in [-0.4, -0.2) is 39.4 Å². The number of hydrogen-bond donors (Lipinski definition) is 1. The summed E-state index contributed by atoms with van der Waals surface area (Å²) in [5.74, 6) is 1.07. The molecule has 3 rings (SSSR count). The smallest absolute Gasteiger partial charge is 0.243 e. The molecule has 2 aromatic rings. The van der Waals surface area contributed by atoms with Crippen molar-refractivity contribution in [2.24, 2.45) is 0 Å². The molecule has 0 bridgehead atoms. The van der Waals surface area contributed by atoms with Crippen LogP contribution in [-0.2, 0) is 22.6 Å². The van der Waals surface area contributed by atoms with Crippen molar-refractivity contribution in [2.75, 3.05) is 11.6 Å². The lowest BCUT2D eigenvalue weighted by Crippen LogP contribution is -2.47. The molecule has 6 heteroatoms. The Hall–Kier alpha value is -2.34. The Balaban J connectivity index is 1.58. The largest absolute Gasteiger partial charge is 0.350 e. The third-order valence-corrected chi connectivity index (χ3v) is 4.91. The van der Waals surface area contributed by atoms with E-state index < -0.39 is 6.04 Å². The molecule has 2 heterocycles. The van der Waals surface area contributed by atoms with Crippen molar-refractivity contribution in [3.8, 4) is 0 Å². The van der Waals surface area contributed by atoms with E-state index in [2.05, 4.69) is 10.3 Å². The number of pyridine rings is 1. The normalized spacial score (nSPS) is 16.8. The molecular weight excluding hydrogens is 322 g/mol. The standard InChI is InChI=1S/C18H19N3O2S/c22-17(9-15-7-4-8-19-10-15)21-13-24-12-16(21)18(23)20-11-14-5-2-1-3-6-14/h1-8,10,16H,9,11-13H2,(H,20,23). The van der Waals surface area contributed by atoms with Gasteiger partial charge >= 0.3 is 0 Å². The van der Waals surface area contributed by atoms with Gasteiger partial charge in [0.1, 0.15) is 6.04 Å². The predicted octanol–water partition coefficient (Wildman–Crippen LogP) is 1.84. The zero-order chi connectivity index (χ0) is 16.8. The maximum absolute atomic E-state index is 12.5. The lowest BCUT2D eigenvalue weighted by atomic mass is 10.1. The molecule has 1 N–H and O–H groups in total. The minimum Gasteiger partial charge on any atom is -0.350 e. The number of nitrogens with zero attached hydrogens (tertiary/aromatic N) is 2. The van der Waals surface area contributed by atoms with Gasteiger partial charge < -0.3 is 10.2 Å². The van der Waals surface area contributed by atoms with E-state index in [9.17, 15) is 9.59 Å². The van der Waals surface area contributed by atoms with E-state index in [4.69, 9.17) is 0 Å². The van der Waals surface area contributed by atoms with Crippen LogP contribution in [0.5, 0.6) is 0 Å². The molecule has 1 aliphatic heterocycles. The fourth-order valence-electron chi connectivity index (χ4n) is 2.59. The van der Waals surface area contributed by atoms with Crippen LogP contribution in [0, 0.1) is 0 Å². The number of hydrogen-bond acceptors (Lipinski definition) is 4. The molecule has 1 atom stereocenters. The number of carbonyl (C=O) groups is 2. The van der Waals surface area contributed by atoms with E-state index in [-0.39, 0.29) is 18.2 Å². The first-order chi connectivity index (χ1) is 11.7. The summed E-state index contributed by atoms with van der Waals surface area (Å²) < 4.78 is 0. The van der Waals surface area contributed by atoms with Gasteiger partial charge in [-0.25, -0.2) is 0 Å². The molecule has 124 valence electrons. The van der Waals surface area contributed by atoms with Crippen LogP contribution >= 0.6 is 11.8 Å². The van der Waals surface area contributed by atoms with Crippen LogP contribution < -0.4 is 5.32 Å². The van der Waals surface area contributed by atoms with Crippen molar-refractivity contribution in [3.05, 3.63) is 66.0 Å². The number of thioether (sulfide) groups is 1. The summed E-state index contributed by atoms with van der Waals surface area (Å²) in [6.45, 7) is 0.478. The van der Waals surface area contributed by atoms with Crippen molar-refractivity contribution in [1.29, 1.82) is 0 Å². The zero-order valence-corrected chi connectivity index (χ0v) is 14.0. The summed E-state index contributed by atoms with van der Waals surface area (Å²) in [7, 11) is 0. The molecule has 24 heavy (non-hydrogen) atoms. The summed E-state index contributed by atoms with van der Waals surface area (Å²) in [4.78, 5) is 30.7. The Labute approximate surface area is 145 Å². The highest BCUT2D eigenvalue weighted by molar-refractivity contribution is 7.99. The van der Waals surface area contributed by atoms with E-state index in [1.165, 1.54) is 0 Å². The maximum Gasteiger partial charge on any atom is 0.243 e. The number of aromatic nitrogens is 1. The molecule has 1 aromatic heterocycles. The molecule has 0 aliphatic carbocycles. The van der Waals surface area contributed by atoms with Crippen molar-refractivity contribution in [3.63, 3.8) is 0 Å². The second-order valence-corrected chi connectivity index (χ2v) is 6.62. The second-order valence-electron chi connectivity index (χ2n) is 5.62. The van der Waals surface area contributed by atoms with Gasteiger partial charge in [0.15, 0.2) is 0 Å². The third-order valence-electron chi connectivity index (χ3n) is 3.89. The first kappa shape index (κ1) is 16.5. The molecule has 0 spiro atoms. The van der Waals surface area contributed by atoms with Crippen molar-refractivity contribution < 1.29 is 9.59 Å². The number of amides is 2. The molecule has 1 aliphatic rings. The summed E-state index contributed by atoms with van der Waals surface area (Å²) in [5, 5.41) is 2.93. The summed E-state index contributed by atoms with van der Waals surface area (Å²) in [6.07, 6.45) is 3.64. The van der Waals surface area contributed by atoms with Gasteiger partial charge in [0, 0.05) is 24.7 Å². The van der Waals surface area contributed by atoms with Gasteiger partial charge in [0.2, 0.25) is 11.8 Å². The van der Waals surface area contributed by atoms with Crippen LogP contribution in [0.2, 0.25) is 0 Å². The quantitative estimate of drug-likeness (QED) is 0.901. The molecule has 1 aromatic carbocycles. The van der Waals surface area contributed by atoms with Gasteiger partial charge in [0.25, 0.3) is 0 Å². The SMILES string of the molecule is O=C(NCc1ccccc1)C1CSCN1C(=O)Cc1cccnc1. The maximum atomic E-state index is 12.5. The zero-order valence-electron chi connectivity index (χ0n) is 13.2. The lowest BCUT2D eigenvalue weighted by molar-refractivity contribution is -0.137. The van der Waals surface area contributed by atoms with Crippen LogP contribution in [0.4, 0.5) is 0 Å². The number of nitrogens with one attached hydrogen (secondary N) is 1. The van der Waals surface area contributed by atoms with Crippen LogP contribution in [0.15, 0.2) is 54.9 Å². The average molecular weight is 341 g/mol. The highest BCUT2D eigenvalue weighted by atomic mass is 32.2. The van der Waals surface area contributed by atoms with E-state index in [1.54, 1.807) is 29.1 Å². The Bertz CT molecular complexity index is 694. The second kappa shape index (κ2) is 7.97. The van der Waals surface area contributed by atoms with Crippen LogP contribution in [0.1, 0.15) is 11.1 Å². The third kappa shape index (κ3) is 4.14. The van der Waals surface area contributed by atoms with Crippen molar-refractivity contribution >= 4 is 23.6 Å². The molecule has 2 amide bonds. The molecular formula is C18H19N3O2S. The molecule has 1 unspecified atom stereocenters.